The highest BCUT2D eigenvalue weighted by molar-refractivity contribution is 9.11. The number of methoxy groups -OCH3 is 1. The second-order valence-corrected chi connectivity index (χ2v) is 8.77. The van der Waals surface area contributed by atoms with Crippen molar-refractivity contribution in [2.24, 2.45) is 22.5 Å². The molecule has 0 aromatic rings. The van der Waals surface area contributed by atoms with Crippen molar-refractivity contribution < 1.29 is 19.4 Å². The number of aliphatic hydroxyl groups is 1. The van der Waals surface area contributed by atoms with E-state index in [1.54, 1.807) is 7.11 Å². The minimum atomic E-state index is -0.494. The lowest BCUT2D eigenvalue weighted by Gasteiger charge is -2.47. The van der Waals surface area contributed by atoms with Crippen molar-refractivity contribution in [2.75, 3.05) is 7.11 Å². The van der Waals surface area contributed by atoms with Gasteiger partial charge < -0.3 is 20.3 Å². The van der Waals surface area contributed by atoms with Crippen molar-refractivity contribution >= 4 is 21.8 Å². The number of carbonyl (C=O) groups is 1. The Bertz CT molecular complexity index is 700. The lowest BCUT2D eigenvalue weighted by molar-refractivity contribution is -0.123. The van der Waals surface area contributed by atoms with Gasteiger partial charge in [-0.3, -0.25) is 4.79 Å². The first-order valence-electron chi connectivity index (χ1n) is 8.90. The average Bonchev–Trinajstić information content (AvgIpc) is 2.72. The van der Waals surface area contributed by atoms with Crippen molar-refractivity contribution in [3.05, 3.63) is 34.2 Å². The first kappa shape index (κ1) is 17.2. The first-order valence-corrected chi connectivity index (χ1v) is 9.69. The summed E-state index contributed by atoms with van der Waals surface area (Å²) < 4.78 is 13.1. The van der Waals surface area contributed by atoms with Gasteiger partial charge in [0, 0.05) is 23.2 Å². The van der Waals surface area contributed by atoms with Gasteiger partial charge in [-0.1, -0.05) is 34.5 Å². The highest BCUT2D eigenvalue weighted by Crippen LogP contribution is 2.69. The van der Waals surface area contributed by atoms with Crippen LogP contribution in [0, 0.1) is 16.7 Å². The molecule has 0 aromatic heterocycles. The Morgan fingerprint density at radius 2 is 2.32 bits per heavy atom. The van der Waals surface area contributed by atoms with E-state index in [-0.39, 0.29) is 28.8 Å². The van der Waals surface area contributed by atoms with Crippen LogP contribution in [0.5, 0.6) is 0 Å². The van der Waals surface area contributed by atoms with Crippen LogP contribution in [0.3, 0.4) is 0 Å². The maximum Gasteiger partial charge on any atom is 0.220 e. The molecule has 1 amide bonds. The zero-order valence-electron chi connectivity index (χ0n) is 14.3. The Balaban J connectivity index is 1.92. The molecule has 3 N–H and O–H groups in total. The third kappa shape index (κ3) is 2.33. The van der Waals surface area contributed by atoms with Crippen LogP contribution < -0.4 is 5.73 Å². The topological polar surface area (TPSA) is 81.8 Å². The van der Waals surface area contributed by atoms with Crippen LogP contribution in [0.15, 0.2) is 34.2 Å². The van der Waals surface area contributed by atoms with E-state index in [9.17, 15) is 9.90 Å². The number of aliphatic hydroxyl groups excluding tert-OH is 1. The number of nitrogens with two attached hydrogens (primary N) is 1. The van der Waals surface area contributed by atoms with Crippen molar-refractivity contribution in [3.8, 4) is 0 Å². The Morgan fingerprint density at radius 3 is 3.04 bits per heavy atom. The lowest BCUT2D eigenvalue weighted by Crippen LogP contribution is -2.47. The fraction of sp³-hybridized carbons (Fsp3) is 0.632. The maximum atomic E-state index is 12.1. The molecule has 1 saturated heterocycles. The van der Waals surface area contributed by atoms with Crippen LogP contribution in [-0.2, 0) is 14.3 Å². The molecule has 6 heteroatoms. The number of hydrogen-bond donors (Lipinski definition) is 2. The smallest absolute Gasteiger partial charge is 0.220 e. The van der Waals surface area contributed by atoms with E-state index >= 15 is 0 Å². The predicted molar refractivity (Wildman–Crippen MR) is 96.3 cm³/mol. The summed E-state index contributed by atoms with van der Waals surface area (Å²) in [6, 6.07) is 0. The standard InChI is InChI=1S/C19H24BrNO4/c1-24-14-7-12(20)10-19-9-11(17(21)23)3-2-5-18(19)6-4-13(22)8-15(18)25-16(14)19/h4,6-7,11,13,15,22H,2-3,5,8-10H2,1H3,(H2,21,23)/t11?,13-,15?,18?,19?/m0/s1. The highest BCUT2D eigenvalue weighted by Gasteiger charge is 2.67. The number of rotatable bonds is 2. The molecule has 5 nitrogen and oxygen atoms in total. The van der Waals surface area contributed by atoms with Gasteiger partial charge in [0.2, 0.25) is 5.91 Å². The van der Waals surface area contributed by atoms with E-state index in [0.717, 1.165) is 35.9 Å². The summed E-state index contributed by atoms with van der Waals surface area (Å²) in [7, 11) is 1.64. The molecule has 0 bridgehead atoms. The lowest BCUT2D eigenvalue weighted by atomic mass is 9.54. The molecule has 25 heavy (non-hydrogen) atoms. The number of primary amides is 1. The summed E-state index contributed by atoms with van der Waals surface area (Å²) in [6.07, 6.45) is 10.0. The molecule has 0 aromatic carbocycles. The molecule has 1 saturated carbocycles. The molecule has 1 aliphatic heterocycles. The van der Waals surface area contributed by atoms with Gasteiger partial charge >= 0.3 is 0 Å². The van der Waals surface area contributed by atoms with E-state index in [0.29, 0.717) is 18.6 Å². The van der Waals surface area contributed by atoms with E-state index in [2.05, 4.69) is 22.0 Å². The molecule has 136 valence electrons. The van der Waals surface area contributed by atoms with Crippen molar-refractivity contribution in [1.82, 2.24) is 0 Å². The number of hydrogen-bond acceptors (Lipinski definition) is 4. The zero-order chi connectivity index (χ0) is 17.8. The summed E-state index contributed by atoms with van der Waals surface area (Å²) in [4.78, 5) is 12.1. The predicted octanol–water partition coefficient (Wildman–Crippen LogP) is 2.89. The van der Waals surface area contributed by atoms with Gasteiger partial charge in [0.15, 0.2) is 5.76 Å². The number of ether oxygens (including phenoxy) is 2. The largest absolute Gasteiger partial charge is 0.493 e. The van der Waals surface area contributed by atoms with E-state index < -0.39 is 6.10 Å². The minimum Gasteiger partial charge on any atom is -0.493 e. The second-order valence-electron chi connectivity index (χ2n) is 7.75. The Hall–Kier alpha value is -1.27. The fourth-order valence-corrected chi connectivity index (χ4v) is 6.15. The highest BCUT2D eigenvalue weighted by atomic mass is 79.9. The molecule has 1 heterocycles. The SMILES string of the molecule is COC1=C2OC3C[C@@H](O)C=CC34CCCC(C(N)=O)CC24CC(Br)=C1. The first-order chi connectivity index (χ1) is 11.9. The van der Waals surface area contributed by atoms with E-state index in [1.807, 2.05) is 12.2 Å². The molecular formula is C19H24BrNO4. The number of carbonyl (C=O) groups excluding carboxylic acids is 1. The average molecular weight is 410 g/mol. The fourth-order valence-electron chi connectivity index (χ4n) is 5.47. The normalized spacial score (nSPS) is 42.5. The van der Waals surface area contributed by atoms with E-state index in [1.165, 1.54) is 0 Å². The van der Waals surface area contributed by atoms with Crippen molar-refractivity contribution in [3.63, 3.8) is 0 Å². The van der Waals surface area contributed by atoms with Gasteiger partial charge in [-0.2, -0.15) is 0 Å². The van der Waals surface area contributed by atoms with Crippen LogP contribution >= 0.6 is 15.9 Å². The molecular weight excluding hydrogens is 386 g/mol. The number of amides is 1. The summed E-state index contributed by atoms with van der Waals surface area (Å²) in [5.41, 5.74) is 5.13. The Labute approximate surface area is 156 Å². The molecule has 3 aliphatic carbocycles. The third-order valence-electron chi connectivity index (χ3n) is 6.57. The molecule has 2 spiro atoms. The number of allylic oxidation sites excluding steroid dienone is 3. The van der Waals surface area contributed by atoms with Gasteiger partial charge in [-0.15, -0.1) is 0 Å². The summed E-state index contributed by atoms with van der Waals surface area (Å²) in [5.74, 6) is 1.13. The molecule has 4 aliphatic rings. The van der Waals surface area contributed by atoms with Gasteiger partial charge in [0.05, 0.1) is 13.2 Å². The minimum absolute atomic E-state index is 0.105. The molecule has 2 fully saturated rings. The third-order valence-corrected chi connectivity index (χ3v) is 7.08. The van der Waals surface area contributed by atoms with Crippen LogP contribution in [0.4, 0.5) is 0 Å². The molecule has 5 atom stereocenters. The van der Waals surface area contributed by atoms with Crippen molar-refractivity contribution in [1.29, 1.82) is 0 Å². The maximum absolute atomic E-state index is 12.1. The van der Waals surface area contributed by atoms with Crippen LogP contribution in [-0.4, -0.2) is 30.3 Å². The second kappa shape index (κ2) is 5.88. The Kier molecular flexibility index (Phi) is 4.03. The molecule has 0 radical (unpaired) electrons. The van der Waals surface area contributed by atoms with Crippen LogP contribution in [0.1, 0.15) is 38.5 Å². The summed E-state index contributed by atoms with van der Waals surface area (Å²) >= 11 is 3.67. The summed E-state index contributed by atoms with van der Waals surface area (Å²) in [6.45, 7) is 0. The quantitative estimate of drug-likeness (QED) is 0.686. The van der Waals surface area contributed by atoms with Gasteiger partial charge in [-0.05, 0) is 36.2 Å². The molecule has 4 unspecified atom stereocenters. The summed E-state index contributed by atoms with van der Waals surface area (Å²) in [5, 5.41) is 10.1. The molecule has 4 rings (SSSR count). The monoisotopic (exact) mass is 409 g/mol. The van der Waals surface area contributed by atoms with Crippen LogP contribution in [0.25, 0.3) is 0 Å². The van der Waals surface area contributed by atoms with Crippen LogP contribution in [0.2, 0.25) is 0 Å². The van der Waals surface area contributed by atoms with Gasteiger partial charge in [0.25, 0.3) is 0 Å². The van der Waals surface area contributed by atoms with E-state index in [4.69, 9.17) is 15.2 Å². The Morgan fingerprint density at radius 1 is 1.52 bits per heavy atom. The zero-order valence-corrected chi connectivity index (χ0v) is 15.9. The van der Waals surface area contributed by atoms with Crippen molar-refractivity contribution in [2.45, 2.75) is 50.7 Å². The van der Waals surface area contributed by atoms with Gasteiger partial charge in [0.1, 0.15) is 11.9 Å². The van der Waals surface area contributed by atoms with Gasteiger partial charge in [-0.25, -0.2) is 0 Å². The number of halogens is 1.